The molecule has 2 aromatic rings. The van der Waals surface area contributed by atoms with Gasteiger partial charge in [0.15, 0.2) is 0 Å². The molecule has 1 aliphatic heterocycles. The summed E-state index contributed by atoms with van der Waals surface area (Å²) >= 11 is 2.44. The van der Waals surface area contributed by atoms with E-state index in [9.17, 15) is 13.2 Å². The monoisotopic (exact) mass is 373 g/mol. The molecule has 11 heteroatoms. The number of thiophene rings is 1. The number of rotatable bonds is 4. The minimum absolute atomic E-state index is 0.160. The number of nitrogens with zero attached hydrogens (tertiary/aromatic N) is 3. The average Bonchev–Trinajstić information content (AvgIpc) is 3.21. The van der Waals surface area contributed by atoms with Crippen molar-refractivity contribution in [3.8, 4) is 0 Å². The summed E-state index contributed by atoms with van der Waals surface area (Å²) in [6.07, 6.45) is 1.16. The zero-order valence-electron chi connectivity index (χ0n) is 12.0. The van der Waals surface area contributed by atoms with Crippen molar-refractivity contribution in [2.45, 2.75) is 23.1 Å². The van der Waals surface area contributed by atoms with Crippen LogP contribution in [0, 0.1) is 0 Å². The molecule has 0 atom stereocenters. The Balaban J connectivity index is 1.51. The van der Waals surface area contributed by atoms with Crippen LogP contribution in [0.2, 0.25) is 0 Å². The predicted molar refractivity (Wildman–Crippen MR) is 88.2 cm³/mol. The predicted octanol–water partition coefficient (Wildman–Crippen LogP) is 1.57. The van der Waals surface area contributed by atoms with E-state index in [1.807, 2.05) is 0 Å². The standard InChI is InChI=1S/C12H15N5O3S3/c18-12(14-11-15-13-8-22-11)17-5-3-9(4-6-17)16-23(19,20)10-2-1-7-21-10/h1-2,7-9,16H,3-6H2,(H,14,15,18). The number of urea groups is 1. The van der Waals surface area contributed by atoms with Crippen LogP contribution in [0.5, 0.6) is 0 Å². The highest BCUT2D eigenvalue weighted by molar-refractivity contribution is 7.91. The molecule has 1 fully saturated rings. The number of sulfonamides is 1. The molecule has 0 spiro atoms. The normalized spacial score (nSPS) is 16.4. The summed E-state index contributed by atoms with van der Waals surface area (Å²) in [5.74, 6) is 0. The third kappa shape index (κ3) is 4.05. The first-order chi connectivity index (χ1) is 11.0. The van der Waals surface area contributed by atoms with E-state index in [0.717, 1.165) is 0 Å². The van der Waals surface area contributed by atoms with Crippen LogP contribution < -0.4 is 10.0 Å². The molecule has 1 aliphatic rings. The van der Waals surface area contributed by atoms with Crippen molar-refractivity contribution in [3.05, 3.63) is 23.0 Å². The van der Waals surface area contributed by atoms with Crippen LogP contribution in [0.1, 0.15) is 12.8 Å². The topological polar surface area (TPSA) is 104 Å². The Kier molecular flexibility index (Phi) is 4.90. The number of hydrogen-bond donors (Lipinski definition) is 2. The van der Waals surface area contributed by atoms with Gasteiger partial charge in [-0.2, -0.15) is 0 Å². The summed E-state index contributed by atoms with van der Waals surface area (Å²) < 4.78 is 27.4. The molecule has 0 radical (unpaired) electrons. The van der Waals surface area contributed by atoms with E-state index in [1.165, 1.54) is 22.7 Å². The lowest BCUT2D eigenvalue weighted by atomic mass is 10.1. The zero-order chi connectivity index (χ0) is 16.3. The third-order valence-corrected chi connectivity index (χ3v) is 6.96. The molecule has 8 nitrogen and oxygen atoms in total. The molecule has 0 saturated carbocycles. The highest BCUT2D eigenvalue weighted by Crippen LogP contribution is 2.19. The molecular weight excluding hydrogens is 358 g/mol. The van der Waals surface area contributed by atoms with E-state index in [-0.39, 0.29) is 12.1 Å². The lowest BCUT2D eigenvalue weighted by molar-refractivity contribution is 0.193. The number of carbonyl (C=O) groups is 1. The summed E-state index contributed by atoms with van der Waals surface area (Å²) in [7, 11) is -3.46. The fourth-order valence-corrected chi connectivity index (χ4v) is 5.04. The second kappa shape index (κ2) is 6.91. The lowest BCUT2D eigenvalue weighted by Gasteiger charge is -2.31. The van der Waals surface area contributed by atoms with Crippen LogP contribution in [-0.4, -0.2) is 48.7 Å². The maximum atomic E-state index is 12.2. The number of likely N-dealkylation sites (tertiary alicyclic amines) is 1. The smallest absolute Gasteiger partial charge is 0.323 e. The van der Waals surface area contributed by atoms with E-state index >= 15 is 0 Å². The number of nitrogens with one attached hydrogen (secondary N) is 2. The number of anilines is 1. The van der Waals surface area contributed by atoms with E-state index in [4.69, 9.17) is 0 Å². The van der Waals surface area contributed by atoms with Gasteiger partial charge < -0.3 is 4.90 Å². The lowest BCUT2D eigenvalue weighted by Crippen LogP contribution is -2.47. The Morgan fingerprint density at radius 3 is 2.70 bits per heavy atom. The number of aromatic nitrogens is 2. The maximum Gasteiger partial charge on any atom is 0.323 e. The quantitative estimate of drug-likeness (QED) is 0.847. The first-order valence-electron chi connectivity index (χ1n) is 6.92. The SMILES string of the molecule is O=C(Nc1nncs1)N1CCC(NS(=O)(=O)c2cccs2)CC1. The molecule has 0 aliphatic carbocycles. The van der Waals surface area contributed by atoms with Crippen molar-refractivity contribution >= 4 is 43.9 Å². The van der Waals surface area contributed by atoms with Crippen LogP contribution >= 0.6 is 22.7 Å². The number of amides is 2. The van der Waals surface area contributed by atoms with Crippen LogP contribution in [0.3, 0.4) is 0 Å². The Labute approximate surface area is 141 Å². The molecule has 1 saturated heterocycles. The molecule has 124 valence electrons. The molecule has 23 heavy (non-hydrogen) atoms. The van der Waals surface area contributed by atoms with E-state index < -0.39 is 10.0 Å². The second-order valence-corrected chi connectivity index (χ2v) is 8.71. The van der Waals surface area contributed by atoms with Crippen molar-refractivity contribution in [1.29, 1.82) is 0 Å². The van der Waals surface area contributed by atoms with E-state index in [0.29, 0.717) is 35.3 Å². The minimum atomic E-state index is -3.46. The first kappa shape index (κ1) is 16.3. The van der Waals surface area contributed by atoms with E-state index in [1.54, 1.807) is 27.9 Å². The van der Waals surface area contributed by atoms with Crippen LogP contribution in [0.15, 0.2) is 27.2 Å². The van der Waals surface area contributed by atoms with Crippen molar-refractivity contribution < 1.29 is 13.2 Å². The van der Waals surface area contributed by atoms with Crippen LogP contribution in [-0.2, 0) is 10.0 Å². The number of carbonyl (C=O) groups excluding carboxylic acids is 1. The van der Waals surface area contributed by atoms with Crippen molar-refractivity contribution in [2.75, 3.05) is 18.4 Å². The minimum Gasteiger partial charge on any atom is -0.324 e. The van der Waals surface area contributed by atoms with Gasteiger partial charge in [-0.15, -0.1) is 21.5 Å². The summed E-state index contributed by atoms with van der Waals surface area (Å²) in [4.78, 5) is 13.7. The average molecular weight is 373 g/mol. The summed E-state index contributed by atoms with van der Waals surface area (Å²) in [6.45, 7) is 0.977. The van der Waals surface area contributed by atoms with Gasteiger partial charge in [-0.1, -0.05) is 17.4 Å². The van der Waals surface area contributed by atoms with Crippen LogP contribution in [0.25, 0.3) is 0 Å². The summed E-state index contributed by atoms with van der Waals surface area (Å²) in [6, 6.07) is 2.89. The van der Waals surface area contributed by atoms with Gasteiger partial charge in [0.05, 0.1) is 0 Å². The highest BCUT2D eigenvalue weighted by atomic mass is 32.2. The van der Waals surface area contributed by atoms with Crippen LogP contribution in [0.4, 0.5) is 9.93 Å². The van der Waals surface area contributed by atoms with Gasteiger partial charge in [0, 0.05) is 19.1 Å². The van der Waals surface area contributed by atoms with Gasteiger partial charge in [0.1, 0.15) is 9.72 Å². The second-order valence-electron chi connectivity index (χ2n) is 4.99. The Morgan fingerprint density at radius 1 is 1.30 bits per heavy atom. The first-order valence-corrected chi connectivity index (χ1v) is 10.2. The Bertz CT molecular complexity index is 737. The van der Waals surface area contributed by atoms with Crippen molar-refractivity contribution in [3.63, 3.8) is 0 Å². The van der Waals surface area contributed by atoms with E-state index in [2.05, 4.69) is 20.2 Å². The van der Waals surface area contributed by atoms with Crippen molar-refractivity contribution in [2.24, 2.45) is 0 Å². The summed E-state index contributed by atoms with van der Waals surface area (Å²) in [5, 5.41) is 12.3. The number of hydrogen-bond acceptors (Lipinski definition) is 7. The molecule has 3 rings (SSSR count). The Morgan fingerprint density at radius 2 is 2.09 bits per heavy atom. The molecule has 0 bridgehead atoms. The zero-order valence-corrected chi connectivity index (χ0v) is 14.5. The highest BCUT2D eigenvalue weighted by Gasteiger charge is 2.27. The molecule has 0 aromatic carbocycles. The van der Waals surface area contributed by atoms with Gasteiger partial charge >= 0.3 is 6.03 Å². The van der Waals surface area contributed by atoms with Gasteiger partial charge in [-0.3, -0.25) is 5.32 Å². The molecule has 2 N–H and O–H groups in total. The number of piperidine rings is 1. The molecule has 3 heterocycles. The molecule has 2 amide bonds. The third-order valence-electron chi connectivity index (χ3n) is 3.44. The molecule has 0 unspecified atom stereocenters. The maximum absolute atomic E-state index is 12.2. The van der Waals surface area contributed by atoms with Gasteiger partial charge in [0.25, 0.3) is 0 Å². The van der Waals surface area contributed by atoms with Crippen molar-refractivity contribution in [1.82, 2.24) is 19.8 Å². The largest absolute Gasteiger partial charge is 0.324 e. The van der Waals surface area contributed by atoms with Gasteiger partial charge in [0.2, 0.25) is 15.2 Å². The fraction of sp³-hybridized carbons (Fsp3) is 0.417. The fourth-order valence-electron chi connectivity index (χ4n) is 2.29. The van der Waals surface area contributed by atoms with Gasteiger partial charge in [-0.25, -0.2) is 17.9 Å². The molecular formula is C12H15N5O3S3. The Hall–Kier alpha value is -1.56. The summed E-state index contributed by atoms with van der Waals surface area (Å²) in [5.41, 5.74) is 1.54. The van der Waals surface area contributed by atoms with Gasteiger partial charge in [-0.05, 0) is 24.3 Å². The molecule has 2 aromatic heterocycles.